The van der Waals surface area contributed by atoms with Crippen molar-refractivity contribution < 1.29 is 4.79 Å². The van der Waals surface area contributed by atoms with Crippen molar-refractivity contribution >= 4 is 5.91 Å². The van der Waals surface area contributed by atoms with Gasteiger partial charge in [0.25, 0.3) is 0 Å². The van der Waals surface area contributed by atoms with Gasteiger partial charge in [0.2, 0.25) is 5.91 Å². The fourth-order valence-electron chi connectivity index (χ4n) is 3.50. The lowest BCUT2D eigenvalue weighted by molar-refractivity contribution is -0.122. The normalized spacial score (nSPS) is 31.6. The van der Waals surface area contributed by atoms with Crippen molar-refractivity contribution in [2.24, 2.45) is 11.7 Å². The molecule has 104 valence electrons. The van der Waals surface area contributed by atoms with E-state index in [1.54, 1.807) is 0 Å². The molecule has 0 aromatic heterocycles. The van der Waals surface area contributed by atoms with Gasteiger partial charge in [0.15, 0.2) is 0 Å². The molecule has 2 fully saturated rings. The molecule has 0 aromatic rings. The van der Waals surface area contributed by atoms with Gasteiger partial charge >= 0.3 is 0 Å². The van der Waals surface area contributed by atoms with Gasteiger partial charge in [-0.1, -0.05) is 32.1 Å². The Hall–Kier alpha value is -0.570. The molecule has 0 atom stereocenters. The Balaban J connectivity index is 1.71. The summed E-state index contributed by atoms with van der Waals surface area (Å²) < 4.78 is 0. The quantitative estimate of drug-likeness (QED) is 0.811. The van der Waals surface area contributed by atoms with E-state index < -0.39 is 0 Å². The summed E-state index contributed by atoms with van der Waals surface area (Å²) in [5.41, 5.74) is 5.38. The van der Waals surface area contributed by atoms with Gasteiger partial charge in [0.05, 0.1) is 0 Å². The van der Waals surface area contributed by atoms with E-state index in [2.05, 4.69) is 5.32 Å². The lowest BCUT2D eigenvalue weighted by Gasteiger charge is -2.32. The van der Waals surface area contributed by atoms with E-state index in [4.69, 9.17) is 5.73 Å². The fourth-order valence-corrected chi connectivity index (χ4v) is 3.50. The summed E-state index contributed by atoms with van der Waals surface area (Å²) in [5.74, 6) is 0.0415. The maximum atomic E-state index is 11.1. The van der Waals surface area contributed by atoms with Crippen LogP contribution in [-0.4, -0.2) is 18.0 Å². The minimum Gasteiger partial charge on any atom is -0.369 e. The highest BCUT2D eigenvalue weighted by molar-refractivity contribution is 5.76. The molecule has 18 heavy (non-hydrogen) atoms. The predicted octanol–water partition coefficient (Wildman–Crippen LogP) is 2.73. The Bertz CT molecular complexity index is 251. The summed E-state index contributed by atoms with van der Waals surface area (Å²) >= 11 is 0. The molecule has 2 saturated carbocycles. The second-order valence-electron chi connectivity index (χ2n) is 6.16. The minimum atomic E-state index is -0.0978. The highest BCUT2D eigenvalue weighted by Crippen LogP contribution is 2.25. The van der Waals surface area contributed by atoms with E-state index in [1.807, 2.05) is 0 Å². The van der Waals surface area contributed by atoms with Crippen molar-refractivity contribution in [1.29, 1.82) is 0 Å². The van der Waals surface area contributed by atoms with Crippen molar-refractivity contribution in [3.63, 3.8) is 0 Å². The number of nitrogens with two attached hydrogens (primary N) is 1. The van der Waals surface area contributed by atoms with E-state index in [0.29, 0.717) is 6.04 Å². The average molecular weight is 252 g/mol. The van der Waals surface area contributed by atoms with E-state index >= 15 is 0 Å². The molecule has 0 spiro atoms. The molecule has 0 aliphatic heterocycles. The van der Waals surface area contributed by atoms with Gasteiger partial charge < -0.3 is 11.1 Å². The van der Waals surface area contributed by atoms with Gasteiger partial charge in [-0.15, -0.1) is 0 Å². The molecule has 3 N–H and O–H groups in total. The number of amides is 1. The summed E-state index contributed by atoms with van der Waals surface area (Å²) in [6.45, 7) is 0. The molecule has 0 saturated heterocycles. The lowest BCUT2D eigenvalue weighted by atomic mass is 9.84. The van der Waals surface area contributed by atoms with Crippen molar-refractivity contribution in [3.05, 3.63) is 0 Å². The third kappa shape index (κ3) is 4.27. The summed E-state index contributed by atoms with van der Waals surface area (Å²) in [4.78, 5) is 11.1. The first-order chi connectivity index (χ1) is 8.75. The Morgan fingerprint density at radius 2 is 1.28 bits per heavy atom. The molecule has 2 aliphatic carbocycles. The second-order valence-corrected chi connectivity index (χ2v) is 6.16. The van der Waals surface area contributed by atoms with Crippen molar-refractivity contribution in [2.75, 3.05) is 0 Å². The van der Waals surface area contributed by atoms with Crippen LogP contribution in [-0.2, 0) is 4.79 Å². The SMILES string of the molecule is NC(=O)C1CCC(NC2CCCCCCC2)CC1. The van der Waals surface area contributed by atoms with Crippen LogP contribution in [0, 0.1) is 5.92 Å². The second kappa shape index (κ2) is 7.13. The van der Waals surface area contributed by atoms with Gasteiger partial charge in [-0.2, -0.15) is 0 Å². The van der Waals surface area contributed by atoms with Crippen molar-refractivity contribution in [2.45, 2.75) is 82.7 Å². The van der Waals surface area contributed by atoms with E-state index in [1.165, 1.54) is 44.9 Å². The molecule has 3 nitrogen and oxygen atoms in total. The smallest absolute Gasteiger partial charge is 0.220 e. The standard InChI is InChI=1S/C15H28N2O/c16-15(18)12-8-10-14(11-9-12)17-13-6-4-2-1-3-5-7-13/h12-14,17H,1-11H2,(H2,16,18). The molecule has 0 heterocycles. The van der Waals surface area contributed by atoms with E-state index in [0.717, 1.165) is 31.7 Å². The van der Waals surface area contributed by atoms with Crippen molar-refractivity contribution in [3.8, 4) is 0 Å². The average Bonchev–Trinajstić information content (AvgIpc) is 2.33. The number of hydrogen-bond donors (Lipinski definition) is 2. The van der Waals surface area contributed by atoms with E-state index in [-0.39, 0.29) is 11.8 Å². The van der Waals surface area contributed by atoms with Crippen LogP contribution in [0.5, 0.6) is 0 Å². The summed E-state index contributed by atoms with van der Waals surface area (Å²) in [6.07, 6.45) is 13.9. The predicted molar refractivity (Wildman–Crippen MR) is 74.2 cm³/mol. The molecular weight excluding hydrogens is 224 g/mol. The zero-order valence-corrected chi connectivity index (χ0v) is 11.5. The summed E-state index contributed by atoms with van der Waals surface area (Å²) in [6, 6.07) is 1.35. The van der Waals surface area contributed by atoms with E-state index in [9.17, 15) is 4.79 Å². The minimum absolute atomic E-state index is 0.0978. The number of rotatable bonds is 3. The zero-order chi connectivity index (χ0) is 12.8. The van der Waals surface area contributed by atoms with Gasteiger partial charge in [-0.25, -0.2) is 0 Å². The first kappa shape index (κ1) is 13.9. The number of hydrogen-bond acceptors (Lipinski definition) is 2. The third-order valence-corrected chi connectivity index (χ3v) is 4.71. The third-order valence-electron chi connectivity index (χ3n) is 4.71. The lowest BCUT2D eigenvalue weighted by Crippen LogP contribution is -2.42. The number of carbonyl (C=O) groups is 1. The van der Waals surface area contributed by atoms with Crippen LogP contribution in [0.3, 0.4) is 0 Å². The molecular formula is C15H28N2O. The maximum Gasteiger partial charge on any atom is 0.220 e. The zero-order valence-electron chi connectivity index (χ0n) is 11.5. The largest absolute Gasteiger partial charge is 0.369 e. The molecule has 1 amide bonds. The molecule has 0 radical (unpaired) electrons. The molecule has 2 rings (SSSR count). The van der Waals surface area contributed by atoms with Crippen LogP contribution < -0.4 is 11.1 Å². The summed E-state index contributed by atoms with van der Waals surface area (Å²) in [7, 11) is 0. The van der Waals surface area contributed by atoms with Crippen LogP contribution >= 0.6 is 0 Å². The Labute approximate surface area is 111 Å². The van der Waals surface area contributed by atoms with Gasteiger partial charge in [0, 0.05) is 18.0 Å². The Morgan fingerprint density at radius 3 is 1.83 bits per heavy atom. The Morgan fingerprint density at radius 1 is 0.778 bits per heavy atom. The van der Waals surface area contributed by atoms with Gasteiger partial charge in [0.1, 0.15) is 0 Å². The monoisotopic (exact) mass is 252 g/mol. The molecule has 2 aliphatic rings. The van der Waals surface area contributed by atoms with Crippen LogP contribution in [0.4, 0.5) is 0 Å². The number of primary amides is 1. The highest BCUT2D eigenvalue weighted by Gasteiger charge is 2.26. The van der Waals surface area contributed by atoms with Crippen molar-refractivity contribution in [1.82, 2.24) is 5.32 Å². The highest BCUT2D eigenvalue weighted by atomic mass is 16.1. The molecule has 0 aromatic carbocycles. The van der Waals surface area contributed by atoms with Crippen LogP contribution in [0.1, 0.15) is 70.6 Å². The van der Waals surface area contributed by atoms with Crippen LogP contribution in [0.15, 0.2) is 0 Å². The Kier molecular flexibility index (Phi) is 5.48. The fraction of sp³-hybridized carbons (Fsp3) is 0.933. The first-order valence-corrected chi connectivity index (χ1v) is 7.81. The first-order valence-electron chi connectivity index (χ1n) is 7.81. The molecule has 0 bridgehead atoms. The molecule has 3 heteroatoms. The van der Waals surface area contributed by atoms with Gasteiger partial charge in [-0.3, -0.25) is 4.79 Å². The summed E-state index contributed by atoms with van der Waals surface area (Å²) in [5, 5.41) is 3.83. The van der Waals surface area contributed by atoms with Gasteiger partial charge in [-0.05, 0) is 38.5 Å². The number of nitrogens with one attached hydrogen (secondary N) is 1. The topological polar surface area (TPSA) is 55.1 Å². The molecule has 0 unspecified atom stereocenters. The maximum absolute atomic E-state index is 11.1. The van der Waals surface area contributed by atoms with Crippen LogP contribution in [0.25, 0.3) is 0 Å². The number of carbonyl (C=O) groups excluding carboxylic acids is 1. The van der Waals surface area contributed by atoms with Crippen LogP contribution in [0.2, 0.25) is 0 Å².